The first-order chi connectivity index (χ1) is 8.67. The van der Waals surface area contributed by atoms with Crippen LogP contribution in [0.5, 0.6) is 0 Å². The van der Waals surface area contributed by atoms with Crippen molar-refractivity contribution in [3.05, 3.63) is 11.1 Å². The van der Waals surface area contributed by atoms with Crippen molar-refractivity contribution in [2.45, 2.75) is 12.8 Å². The number of hydrogen-bond donors (Lipinski definition) is 1. The Kier molecular flexibility index (Phi) is 4.54. The number of thiazole rings is 1. The van der Waals surface area contributed by atoms with E-state index < -0.39 is 0 Å². The number of carbonyl (C=O) groups is 1. The third-order valence-corrected chi connectivity index (χ3v) is 3.98. The van der Waals surface area contributed by atoms with E-state index in [1.54, 1.807) is 11.3 Å². The highest BCUT2D eigenvalue weighted by atomic mass is 32.1. The number of esters is 1. The van der Waals surface area contributed by atoms with Crippen LogP contribution in [-0.4, -0.2) is 49.6 Å². The lowest BCUT2D eigenvalue weighted by molar-refractivity contribution is -0.139. The molecule has 1 atom stereocenters. The summed E-state index contributed by atoms with van der Waals surface area (Å²) in [4.78, 5) is 17.8. The van der Waals surface area contributed by atoms with E-state index in [-0.39, 0.29) is 12.4 Å². The number of nitrogens with one attached hydrogen (secondary N) is 1. The van der Waals surface area contributed by atoms with Gasteiger partial charge in [0.1, 0.15) is 0 Å². The minimum absolute atomic E-state index is 0.246. The molecule has 0 aromatic carbocycles. The van der Waals surface area contributed by atoms with Gasteiger partial charge in [0, 0.05) is 18.5 Å². The second kappa shape index (κ2) is 6.15. The molecule has 1 N–H and O–H groups in total. The number of methoxy groups -OCH3 is 1. The summed E-state index contributed by atoms with van der Waals surface area (Å²) >= 11 is 1.54. The molecule has 0 amide bonds. The highest BCUT2D eigenvalue weighted by molar-refractivity contribution is 7.13. The van der Waals surface area contributed by atoms with E-state index in [1.807, 2.05) is 5.38 Å². The molecule has 18 heavy (non-hydrogen) atoms. The molecule has 1 aromatic rings. The fourth-order valence-electron chi connectivity index (χ4n) is 2.11. The summed E-state index contributed by atoms with van der Waals surface area (Å²) < 4.78 is 4.62. The van der Waals surface area contributed by atoms with Crippen LogP contribution in [0.2, 0.25) is 0 Å². The SMILES string of the molecule is COC(=O)Cc1csc(NCC2CCN(C)C2)n1. The van der Waals surface area contributed by atoms with Crippen molar-refractivity contribution in [1.29, 1.82) is 0 Å². The Hall–Kier alpha value is -1.14. The van der Waals surface area contributed by atoms with Gasteiger partial charge in [0.25, 0.3) is 0 Å². The van der Waals surface area contributed by atoms with E-state index in [9.17, 15) is 4.79 Å². The smallest absolute Gasteiger partial charge is 0.311 e. The average Bonchev–Trinajstić information content (AvgIpc) is 2.96. The fraction of sp³-hybridized carbons (Fsp3) is 0.667. The zero-order valence-corrected chi connectivity index (χ0v) is 11.6. The second-order valence-electron chi connectivity index (χ2n) is 4.69. The molecule has 6 heteroatoms. The number of nitrogens with zero attached hydrogens (tertiary/aromatic N) is 2. The molecule has 2 rings (SSSR count). The van der Waals surface area contributed by atoms with Crippen LogP contribution in [0, 0.1) is 5.92 Å². The highest BCUT2D eigenvalue weighted by Crippen LogP contribution is 2.19. The maximum atomic E-state index is 11.1. The number of anilines is 1. The number of carbonyl (C=O) groups excluding carboxylic acids is 1. The molecule has 0 saturated carbocycles. The Bertz CT molecular complexity index is 408. The van der Waals surface area contributed by atoms with Crippen LogP contribution in [-0.2, 0) is 16.0 Å². The largest absolute Gasteiger partial charge is 0.469 e. The van der Waals surface area contributed by atoms with Crippen LogP contribution in [0.4, 0.5) is 5.13 Å². The zero-order valence-electron chi connectivity index (χ0n) is 10.8. The molecule has 5 nitrogen and oxygen atoms in total. The van der Waals surface area contributed by atoms with Crippen LogP contribution < -0.4 is 5.32 Å². The van der Waals surface area contributed by atoms with Gasteiger partial charge < -0.3 is 15.0 Å². The summed E-state index contributed by atoms with van der Waals surface area (Å²) in [5, 5.41) is 6.14. The van der Waals surface area contributed by atoms with E-state index in [0.717, 1.165) is 23.9 Å². The topological polar surface area (TPSA) is 54.5 Å². The van der Waals surface area contributed by atoms with Gasteiger partial charge in [-0.05, 0) is 25.9 Å². The molecule has 0 aliphatic carbocycles. The lowest BCUT2D eigenvalue weighted by atomic mass is 10.1. The van der Waals surface area contributed by atoms with E-state index in [2.05, 4.69) is 27.0 Å². The normalized spacial score (nSPS) is 20.0. The van der Waals surface area contributed by atoms with Crippen LogP contribution in [0.15, 0.2) is 5.38 Å². The monoisotopic (exact) mass is 269 g/mol. The lowest BCUT2D eigenvalue weighted by Crippen LogP contribution is -2.19. The van der Waals surface area contributed by atoms with Crippen molar-refractivity contribution in [2.24, 2.45) is 5.92 Å². The molecular weight excluding hydrogens is 250 g/mol. The summed E-state index contributed by atoms with van der Waals surface area (Å²) in [6.07, 6.45) is 1.49. The van der Waals surface area contributed by atoms with E-state index in [0.29, 0.717) is 5.92 Å². The molecule has 1 aliphatic rings. The van der Waals surface area contributed by atoms with Gasteiger partial charge in [0.2, 0.25) is 0 Å². The maximum absolute atomic E-state index is 11.1. The van der Waals surface area contributed by atoms with Gasteiger partial charge in [0.05, 0.1) is 19.2 Å². The second-order valence-corrected chi connectivity index (χ2v) is 5.55. The molecule has 1 aromatic heterocycles. The Labute approximate surface area is 111 Å². The van der Waals surface area contributed by atoms with E-state index in [4.69, 9.17) is 0 Å². The van der Waals surface area contributed by atoms with Crippen LogP contribution in [0.25, 0.3) is 0 Å². The summed E-state index contributed by atoms with van der Waals surface area (Å²) in [7, 11) is 3.54. The van der Waals surface area contributed by atoms with Crippen molar-refractivity contribution < 1.29 is 9.53 Å². The van der Waals surface area contributed by atoms with Crippen LogP contribution in [0.3, 0.4) is 0 Å². The number of ether oxygens (including phenoxy) is 1. The van der Waals surface area contributed by atoms with Crippen molar-refractivity contribution in [3.8, 4) is 0 Å². The first-order valence-corrected chi connectivity index (χ1v) is 6.99. The maximum Gasteiger partial charge on any atom is 0.311 e. The molecule has 1 saturated heterocycles. The molecule has 0 bridgehead atoms. The van der Waals surface area contributed by atoms with E-state index in [1.165, 1.54) is 20.1 Å². The van der Waals surface area contributed by atoms with Gasteiger partial charge in [-0.1, -0.05) is 0 Å². The third-order valence-electron chi connectivity index (χ3n) is 3.14. The van der Waals surface area contributed by atoms with Crippen molar-refractivity contribution in [2.75, 3.05) is 39.1 Å². The molecule has 0 radical (unpaired) electrons. The molecule has 100 valence electrons. The number of aromatic nitrogens is 1. The number of likely N-dealkylation sites (tertiary alicyclic amines) is 1. The summed E-state index contributed by atoms with van der Waals surface area (Å²) in [5.74, 6) is 0.451. The minimum Gasteiger partial charge on any atom is -0.469 e. The predicted octanol–water partition coefficient (Wildman–Crippen LogP) is 1.22. The van der Waals surface area contributed by atoms with Gasteiger partial charge in [-0.15, -0.1) is 11.3 Å². The van der Waals surface area contributed by atoms with Crippen LogP contribution >= 0.6 is 11.3 Å². The first-order valence-electron chi connectivity index (χ1n) is 6.11. The molecule has 1 unspecified atom stereocenters. The predicted molar refractivity (Wildman–Crippen MR) is 71.9 cm³/mol. The Morgan fingerprint density at radius 3 is 3.22 bits per heavy atom. The molecule has 0 spiro atoms. The van der Waals surface area contributed by atoms with E-state index >= 15 is 0 Å². The molecule has 1 aliphatic heterocycles. The summed E-state index contributed by atoms with van der Waals surface area (Å²) in [6.45, 7) is 3.28. The minimum atomic E-state index is -0.246. The van der Waals surface area contributed by atoms with Gasteiger partial charge in [0.15, 0.2) is 5.13 Å². The highest BCUT2D eigenvalue weighted by Gasteiger charge is 2.19. The standard InChI is InChI=1S/C12H19N3O2S/c1-15-4-3-9(7-15)6-13-12-14-10(8-18-12)5-11(16)17-2/h8-9H,3-7H2,1-2H3,(H,13,14). The van der Waals surface area contributed by atoms with Gasteiger partial charge >= 0.3 is 5.97 Å². The first kappa shape index (κ1) is 13.3. The number of rotatable bonds is 5. The third kappa shape index (κ3) is 3.68. The average molecular weight is 269 g/mol. The molecule has 1 fully saturated rings. The Morgan fingerprint density at radius 2 is 2.56 bits per heavy atom. The van der Waals surface area contributed by atoms with Gasteiger partial charge in [-0.3, -0.25) is 4.79 Å². The summed E-state index contributed by atoms with van der Waals surface area (Å²) in [6, 6.07) is 0. The van der Waals surface area contributed by atoms with Gasteiger partial charge in [-0.2, -0.15) is 0 Å². The zero-order chi connectivity index (χ0) is 13.0. The fourth-order valence-corrected chi connectivity index (χ4v) is 2.83. The Morgan fingerprint density at radius 1 is 1.72 bits per heavy atom. The van der Waals surface area contributed by atoms with Crippen molar-refractivity contribution in [1.82, 2.24) is 9.88 Å². The Balaban J connectivity index is 1.78. The quantitative estimate of drug-likeness (QED) is 0.815. The van der Waals surface area contributed by atoms with Gasteiger partial charge in [-0.25, -0.2) is 4.98 Å². The molecule has 2 heterocycles. The number of hydrogen-bond acceptors (Lipinski definition) is 6. The molecular formula is C12H19N3O2S. The van der Waals surface area contributed by atoms with Crippen LogP contribution in [0.1, 0.15) is 12.1 Å². The lowest BCUT2D eigenvalue weighted by Gasteiger charge is -2.10. The summed E-state index contributed by atoms with van der Waals surface area (Å²) in [5.41, 5.74) is 0.776. The van der Waals surface area contributed by atoms with Crippen molar-refractivity contribution in [3.63, 3.8) is 0 Å². The van der Waals surface area contributed by atoms with Crippen molar-refractivity contribution >= 4 is 22.4 Å².